The minimum Gasteiger partial charge on any atom is -0.316 e. The molecule has 0 heterocycles. The Kier molecular flexibility index (Phi) is 6.73. The van der Waals surface area contributed by atoms with Crippen LogP contribution in [-0.4, -0.2) is 18.8 Å². The summed E-state index contributed by atoms with van der Waals surface area (Å²) >= 11 is 7.89. The maximum Gasteiger partial charge on any atom is 0.0406 e. The van der Waals surface area contributed by atoms with Crippen molar-refractivity contribution in [3.8, 4) is 0 Å². The van der Waals surface area contributed by atoms with Gasteiger partial charge in [0.25, 0.3) is 0 Å². The first kappa shape index (κ1) is 16.2. The topological polar surface area (TPSA) is 12.0 Å². The van der Waals surface area contributed by atoms with Crippen molar-refractivity contribution < 1.29 is 0 Å². The molecule has 2 rings (SSSR count). The molecule has 0 aliphatic heterocycles. The van der Waals surface area contributed by atoms with E-state index in [9.17, 15) is 0 Å². The van der Waals surface area contributed by atoms with Gasteiger partial charge in [-0.15, -0.1) is 11.8 Å². The number of thioether (sulfide) groups is 1. The Morgan fingerprint density at radius 1 is 1.25 bits per heavy atom. The van der Waals surface area contributed by atoms with Gasteiger partial charge in [0.2, 0.25) is 0 Å². The Labute approximate surface area is 132 Å². The van der Waals surface area contributed by atoms with E-state index >= 15 is 0 Å². The monoisotopic (exact) mass is 311 g/mol. The van der Waals surface area contributed by atoms with E-state index in [-0.39, 0.29) is 0 Å². The number of nitrogens with one attached hydrogen (secondary N) is 1. The molecular formula is C17H26ClNS. The van der Waals surface area contributed by atoms with Crippen LogP contribution in [0.5, 0.6) is 0 Å². The Morgan fingerprint density at radius 3 is 2.60 bits per heavy atom. The molecule has 1 fully saturated rings. The lowest BCUT2D eigenvalue weighted by atomic mass is 9.74. The number of hydrogen-bond acceptors (Lipinski definition) is 2. The van der Waals surface area contributed by atoms with Crippen molar-refractivity contribution in [1.82, 2.24) is 5.32 Å². The Bertz CT molecular complexity index is 392. The fraction of sp³-hybridized carbons (Fsp3) is 0.647. The minimum absolute atomic E-state index is 0.626. The molecule has 0 spiro atoms. The van der Waals surface area contributed by atoms with Gasteiger partial charge in [0.05, 0.1) is 0 Å². The summed E-state index contributed by atoms with van der Waals surface area (Å²) in [5.41, 5.74) is 0. The average Bonchev–Trinajstić information content (AvgIpc) is 2.50. The molecular weight excluding hydrogens is 286 g/mol. The van der Waals surface area contributed by atoms with Gasteiger partial charge in [0.15, 0.2) is 0 Å². The molecule has 0 bridgehead atoms. The van der Waals surface area contributed by atoms with Crippen LogP contribution in [0.25, 0.3) is 0 Å². The van der Waals surface area contributed by atoms with Crippen LogP contribution < -0.4 is 5.32 Å². The van der Waals surface area contributed by atoms with Crippen LogP contribution in [0.1, 0.15) is 39.0 Å². The van der Waals surface area contributed by atoms with Crippen molar-refractivity contribution in [2.75, 3.05) is 12.8 Å². The first-order valence-corrected chi connectivity index (χ1v) is 9.16. The molecule has 1 aliphatic carbocycles. The predicted octanol–water partition coefficient (Wildman–Crippen LogP) is 5.24. The fourth-order valence-electron chi connectivity index (χ4n) is 3.41. The second-order valence-corrected chi connectivity index (χ2v) is 7.31. The van der Waals surface area contributed by atoms with Gasteiger partial charge in [0.1, 0.15) is 0 Å². The van der Waals surface area contributed by atoms with Gasteiger partial charge in [-0.25, -0.2) is 0 Å². The van der Waals surface area contributed by atoms with Gasteiger partial charge in [-0.2, -0.15) is 0 Å². The Balaban J connectivity index is 1.92. The zero-order valence-corrected chi connectivity index (χ0v) is 14.1. The van der Waals surface area contributed by atoms with Crippen molar-refractivity contribution in [3.05, 3.63) is 29.3 Å². The summed E-state index contributed by atoms with van der Waals surface area (Å²) in [6.07, 6.45) is 6.98. The lowest BCUT2D eigenvalue weighted by molar-refractivity contribution is 0.190. The second-order valence-electron chi connectivity index (χ2n) is 5.78. The predicted molar refractivity (Wildman–Crippen MR) is 90.8 cm³/mol. The maximum atomic E-state index is 5.94. The largest absolute Gasteiger partial charge is 0.316 e. The lowest BCUT2D eigenvalue weighted by Gasteiger charge is -2.36. The number of halogens is 1. The molecule has 1 aromatic carbocycles. The van der Waals surface area contributed by atoms with Crippen LogP contribution in [0.15, 0.2) is 29.2 Å². The Hall–Kier alpha value is -0.180. The summed E-state index contributed by atoms with van der Waals surface area (Å²) in [5.74, 6) is 2.91. The van der Waals surface area contributed by atoms with E-state index in [4.69, 9.17) is 11.6 Å². The van der Waals surface area contributed by atoms with Crippen LogP contribution in [-0.2, 0) is 0 Å². The van der Waals surface area contributed by atoms with Gasteiger partial charge >= 0.3 is 0 Å². The molecule has 1 aliphatic rings. The molecule has 0 aromatic heterocycles. The third kappa shape index (κ3) is 4.41. The summed E-state index contributed by atoms with van der Waals surface area (Å²) in [6, 6.07) is 8.83. The zero-order valence-electron chi connectivity index (χ0n) is 12.6. The lowest BCUT2D eigenvalue weighted by Crippen LogP contribution is -2.41. The summed E-state index contributed by atoms with van der Waals surface area (Å²) in [5, 5.41) is 4.39. The Morgan fingerprint density at radius 2 is 1.95 bits per heavy atom. The van der Waals surface area contributed by atoms with Crippen LogP contribution in [0.3, 0.4) is 0 Å². The number of benzene rings is 1. The molecule has 112 valence electrons. The van der Waals surface area contributed by atoms with E-state index in [0.717, 1.165) is 22.6 Å². The zero-order chi connectivity index (χ0) is 14.4. The first-order chi connectivity index (χ1) is 9.74. The molecule has 3 unspecified atom stereocenters. The molecule has 1 nitrogen and oxygen atoms in total. The van der Waals surface area contributed by atoms with Gasteiger partial charge < -0.3 is 5.32 Å². The normalized spacial score (nSPS) is 24.6. The molecule has 0 saturated heterocycles. The molecule has 20 heavy (non-hydrogen) atoms. The van der Waals surface area contributed by atoms with Gasteiger partial charge in [-0.05, 0) is 49.6 Å². The summed E-state index contributed by atoms with van der Waals surface area (Å²) < 4.78 is 0. The summed E-state index contributed by atoms with van der Waals surface area (Å²) in [7, 11) is 2.12. The molecule has 0 radical (unpaired) electrons. The van der Waals surface area contributed by atoms with Crippen molar-refractivity contribution in [3.63, 3.8) is 0 Å². The van der Waals surface area contributed by atoms with E-state index in [1.165, 1.54) is 37.0 Å². The van der Waals surface area contributed by atoms with E-state index in [0.29, 0.717) is 6.04 Å². The quantitative estimate of drug-likeness (QED) is 0.721. The highest BCUT2D eigenvalue weighted by molar-refractivity contribution is 7.99. The highest BCUT2D eigenvalue weighted by atomic mass is 35.5. The maximum absolute atomic E-state index is 5.94. The van der Waals surface area contributed by atoms with Crippen LogP contribution in [0, 0.1) is 11.8 Å². The molecule has 1 aromatic rings. The van der Waals surface area contributed by atoms with E-state index in [1.54, 1.807) is 0 Å². The van der Waals surface area contributed by atoms with Crippen LogP contribution >= 0.6 is 23.4 Å². The fourth-order valence-corrected chi connectivity index (χ4v) is 4.65. The highest BCUT2D eigenvalue weighted by Gasteiger charge is 2.29. The molecule has 3 atom stereocenters. The van der Waals surface area contributed by atoms with Gasteiger partial charge in [-0.3, -0.25) is 0 Å². The summed E-state index contributed by atoms with van der Waals surface area (Å²) in [6.45, 7) is 2.35. The standard InChI is InChI=1S/C17H26ClNS/c1-3-13-6-4-5-7-16(13)17(19-2)12-20-15-10-8-14(18)9-11-15/h8-11,13,16-17,19H,3-7,12H2,1-2H3. The smallest absolute Gasteiger partial charge is 0.0406 e. The highest BCUT2D eigenvalue weighted by Crippen LogP contribution is 2.36. The SMILES string of the molecule is CCC1CCCCC1C(CSc1ccc(Cl)cc1)NC. The van der Waals surface area contributed by atoms with Crippen molar-refractivity contribution in [2.45, 2.75) is 50.0 Å². The van der Waals surface area contributed by atoms with Crippen LogP contribution in [0.4, 0.5) is 0 Å². The third-order valence-electron chi connectivity index (χ3n) is 4.62. The van der Waals surface area contributed by atoms with E-state index < -0.39 is 0 Å². The first-order valence-electron chi connectivity index (χ1n) is 7.80. The van der Waals surface area contributed by atoms with Crippen molar-refractivity contribution in [2.24, 2.45) is 11.8 Å². The van der Waals surface area contributed by atoms with Crippen LogP contribution in [0.2, 0.25) is 5.02 Å². The third-order valence-corrected chi connectivity index (χ3v) is 6.01. The van der Waals surface area contributed by atoms with Crippen molar-refractivity contribution >= 4 is 23.4 Å². The summed E-state index contributed by atoms with van der Waals surface area (Å²) in [4.78, 5) is 1.32. The van der Waals surface area contributed by atoms with E-state index in [2.05, 4.69) is 31.4 Å². The molecule has 0 amide bonds. The van der Waals surface area contributed by atoms with Gasteiger partial charge in [0, 0.05) is 21.7 Å². The van der Waals surface area contributed by atoms with Gasteiger partial charge in [-0.1, -0.05) is 44.2 Å². The molecule has 3 heteroatoms. The number of hydrogen-bond donors (Lipinski definition) is 1. The van der Waals surface area contributed by atoms with E-state index in [1.807, 2.05) is 23.9 Å². The molecule has 1 N–H and O–H groups in total. The van der Waals surface area contributed by atoms with Crippen molar-refractivity contribution in [1.29, 1.82) is 0 Å². The average molecular weight is 312 g/mol. The minimum atomic E-state index is 0.626. The number of rotatable bonds is 6. The second kappa shape index (κ2) is 8.31. The molecule has 1 saturated carbocycles.